The highest BCUT2D eigenvalue weighted by molar-refractivity contribution is 7.89. The molecule has 0 saturated carbocycles. The SMILES string of the molecule is NC(=O)c1[nH]c2ccc(Cl)cc2c1S(=O)(=O)N1CCO[C@H](COc2ccc(-c3ccccc3)c(C(F)(F)F)c2)C1. The van der Waals surface area contributed by atoms with E-state index in [4.69, 9.17) is 26.8 Å². The number of rotatable bonds is 7. The molecule has 0 unspecified atom stereocenters. The molecule has 1 aliphatic heterocycles. The van der Waals surface area contributed by atoms with E-state index in [1.54, 1.807) is 36.4 Å². The second-order valence-electron chi connectivity index (χ2n) is 9.12. The zero-order chi connectivity index (χ0) is 28.7. The van der Waals surface area contributed by atoms with Gasteiger partial charge in [0.2, 0.25) is 10.0 Å². The van der Waals surface area contributed by atoms with Gasteiger partial charge in [0.05, 0.1) is 12.2 Å². The molecule has 1 fully saturated rings. The van der Waals surface area contributed by atoms with Crippen LogP contribution in [0.3, 0.4) is 0 Å². The lowest BCUT2D eigenvalue weighted by molar-refractivity contribution is -0.137. The second-order valence-corrected chi connectivity index (χ2v) is 11.4. The number of H-pyrrole nitrogens is 1. The maximum atomic E-state index is 13.9. The zero-order valence-electron chi connectivity index (χ0n) is 20.7. The number of hydrogen-bond donors (Lipinski definition) is 2. The van der Waals surface area contributed by atoms with Crippen LogP contribution < -0.4 is 10.5 Å². The average Bonchev–Trinajstić information content (AvgIpc) is 3.32. The van der Waals surface area contributed by atoms with Crippen molar-refractivity contribution in [3.63, 3.8) is 0 Å². The summed E-state index contributed by atoms with van der Waals surface area (Å²) in [5.74, 6) is -1.00. The topological polar surface area (TPSA) is 115 Å². The molecule has 1 aliphatic rings. The van der Waals surface area contributed by atoms with Crippen LogP contribution in [-0.4, -0.2) is 56.0 Å². The van der Waals surface area contributed by atoms with E-state index in [-0.39, 0.29) is 58.6 Å². The minimum atomic E-state index is -4.63. The van der Waals surface area contributed by atoms with E-state index in [1.165, 1.54) is 24.3 Å². The number of hydrogen-bond acceptors (Lipinski definition) is 5. The molecule has 5 rings (SSSR count). The average molecular weight is 594 g/mol. The number of fused-ring (bicyclic) bond motifs is 1. The van der Waals surface area contributed by atoms with Gasteiger partial charge in [-0.15, -0.1) is 0 Å². The number of carbonyl (C=O) groups excluding carboxylic acids is 1. The minimum Gasteiger partial charge on any atom is -0.491 e. The molecule has 1 aromatic heterocycles. The smallest absolute Gasteiger partial charge is 0.417 e. The molecular formula is C27H23ClF3N3O5S. The third-order valence-corrected chi connectivity index (χ3v) is 8.66. The van der Waals surface area contributed by atoms with Crippen LogP contribution in [0.15, 0.2) is 71.6 Å². The number of alkyl halides is 3. The molecule has 3 N–H and O–H groups in total. The number of sulfonamides is 1. The lowest BCUT2D eigenvalue weighted by Crippen LogP contribution is -2.47. The Morgan fingerprint density at radius 2 is 1.88 bits per heavy atom. The molecule has 40 heavy (non-hydrogen) atoms. The Kier molecular flexibility index (Phi) is 7.53. The number of nitrogens with one attached hydrogen (secondary N) is 1. The maximum absolute atomic E-state index is 13.9. The minimum absolute atomic E-state index is 0.00300. The Morgan fingerprint density at radius 3 is 2.58 bits per heavy atom. The highest BCUT2D eigenvalue weighted by Gasteiger charge is 2.37. The van der Waals surface area contributed by atoms with Gasteiger partial charge in [0.15, 0.2) is 0 Å². The predicted molar refractivity (Wildman–Crippen MR) is 143 cm³/mol. The standard InChI is InChI=1S/C27H23ClF3N3O5S/c28-17-6-9-23-21(12-17)25(24(33-23)26(32)35)40(36,37)34-10-11-38-19(14-34)15-39-18-7-8-20(16-4-2-1-3-5-16)22(13-18)27(29,30)31/h1-9,12-13,19,33H,10-11,14-15H2,(H2,32,35)/t19-/m0/s1. The molecule has 1 amide bonds. The Hall–Kier alpha value is -3.58. The third kappa shape index (κ3) is 5.52. The Bertz CT molecular complexity index is 1680. The number of halogens is 4. The van der Waals surface area contributed by atoms with E-state index in [1.807, 2.05) is 0 Å². The number of morpholine rings is 1. The van der Waals surface area contributed by atoms with E-state index in [9.17, 15) is 26.4 Å². The van der Waals surface area contributed by atoms with E-state index in [0.29, 0.717) is 11.1 Å². The van der Waals surface area contributed by atoms with Gasteiger partial charge in [0.1, 0.15) is 29.0 Å². The molecule has 0 bridgehead atoms. The Labute approximate surface area is 232 Å². The fourth-order valence-corrected chi connectivity index (χ4v) is 6.59. The monoisotopic (exact) mass is 593 g/mol. The first kappa shape index (κ1) is 28.0. The van der Waals surface area contributed by atoms with Crippen LogP contribution >= 0.6 is 11.6 Å². The summed E-state index contributed by atoms with van der Waals surface area (Å²) in [5, 5.41) is 0.475. The van der Waals surface area contributed by atoms with E-state index in [0.717, 1.165) is 10.4 Å². The summed E-state index contributed by atoms with van der Waals surface area (Å²) in [7, 11) is -4.26. The van der Waals surface area contributed by atoms with Crippen LogP contribution in [0.2, 0.25) is 5.02 Å². The Balaban J connectivity index is 1.37. The van der Waals surface area contributed by atoms with Crippen molar-refractivity contribution in [1.29, 1.82) is 0 Å². The van der Waals surface area contributed by atoms with E-state index >= 15 is 0 Å². The summed E-state index contributed by atoms with van der Waals surface area (Å²) >= 11 is 6.08. The van der Waals surface area contributed by atoms with Gasteiger partial charge in [-0.1, -0.05) is 48.0 Å². The van der Waals surface area contributed by atoms with Crippen molar-refractivity contribution in [2.24, 2.45) is 5.73 Å². The van der Waals surface area contributed by atoms with Crippen molar-refractivity contribution in [1.82, 2.24) is 9.29 Å². The van der Waals surface area contributed by atoms with Gasteiger partial charge in [-0.25, -0.2) is 8.42 Å². The van der Waals surface area contributed by atoms with Gasteiger partial charge in [-0.05, 0) is 41.5 Å². The fraction of sp³-hybridized carbons (Fsp3) is 0.222. The van der Waals surface area contributed by atoms with Crippen LogP contribution in [-0.2, 0) is 20.9 Å². The van der Waals surface area contributed by atoms with Gasteiger partial charge in [-0.3, -0.25) is 4.79 Å². The first-order chi connectivity index (χ1) is 18.9. The van der Waals surface area contributed by atoms with Gasteiger partial charge in [0.25, 0.3) is 5.91 Å². The van der Waals surface area contributed by atoms with Crippen LogP contribution in [0.25, 0.3) is 22.0 Å². The van der Waals surface area contributed by atoms with Crippen molar-refractivity contribution in [2.45, 2.75) is 17.2 Å². The highest BCUT2D eigenvalue weighted by Crippen LogP contribution is 2.39. The molecule has 4 aromatic rings. The number of amides is 1. The second kappa shape index (κ2) is 10.8. The molecule has 0 radical (unpaired) electrons. The fourth-order valence-electron chi connectivity index (χ4n) is 4.63. The molecule has 0 spiro atoms. The maximum Gasteiger partial charge on any atom is 0.417 e. The summed E-state index contributed by atoms with van der Waals surface area (Å²) in [5.41, 5.74) is 5.10. The van der Waals surface area contributed by atoms with Crippen molar-refractivity contribution < 1.29 is 35.9 Å². The molecule has 8 nitrogen and oxygen atoms in total. The normalized spacial score (nSPS) is 16.8. The molecule has 13 heteroatoms. The number of nitrogens with zero attached hydrogens (tertiary/aromatic N) is 1. The lowest BCUT2D eigenvalue weighted by atomic mass is 9.99. The molecule has 2 heterocycles. The molecular weight excluding hydrogens is 571 g/mol. The summed E-state index contributed by atoms with van der Waals surface area (Å²) < 4.78 is 81.3. The predicted octanol–water partition coefficient (Wildman–Crippen LogP) is 5.07. The zero-order valence-corrected chi connectivity index (χ0v) is 22.3. The van der Waals surface area contributed by atoms with Crippen LogP contribution in [0.5, 0.6) is 5.75 Å². The summed E-state index contributed by atoms with van der Waals surface area (Å²) in [6.45, 7) is -0.393. The van der Waals surface area contributed by atoms with Gasteiger partial charge < -0.3 is 20.2 Å². The molecule has 1 saturated heterocycles. The van der Waals surface area contributed by atoms with Crippen LogP contribution in [0.4, 0.5) is 13.2 Å². The molecule has 210 valence electrons. The summed E-state index contributed by atoms with van der Waals surface area (Å²) in [6, 6.07) is 16.3. The molecule has 0 aliphatic carbocycles. The van der Waals surface area contributed by atoms with Crippen LogP contribution in [0.1, 0.15) is 16.1 Å². The number of ether oxygens (including phenoxy) is 2. The molecule has 1 atom stereocenters. The van der Waals surface area contributed by atoms with Crippen molar-refractivity contribution in [2.75, 3.05) is 26.3 Å². The summed E-state index contributed by atoms with van der Waals surface area (Å²) in [6.07, 6.45) is -5.42. The van der Waals surface area contributed by atoms with Gasteiger partial charge >= 0.3 is 6.18 Å². The highest BCUT2D eigenvalue weighted by atomic mass is 35.5. The number of carbonyl (C=O) groups is 1. The third-order valence-electron chi connectivity index (χ3n) is 6.48. The number of aromatic nitrogens is 1. The number of primary amides is 1. The van der Waals surface area contributed by atoms with Gasteiger partial charge in [0, 0.05) is 29.0 Å². The molecule has 3 aromatic carbocycles. The first-order valence-electron chi connectivity index (χ1n) is 12.1. The van der Waals surface area contributed by atoms with Crippen molar-refractivity contribution >= 4 is 38.4 Å². The lowest BCUT2D eigenvalue weighted by Gasteiger charge is -2.32. The number of nitrogens with two attached hydrogens (primary N) is 1. The van der Waals surface area contributed by atoms with E-state index < -0.39 is 33.8 Å². The van der Waals surface area contributed by atoms with Crippen molar-refractivity contribution in [3.8, 4) is 16.9 Å². The Morgan fingerprint density at radius 1 is 1.12 bits per heavy atom. The first-order valence-corrected chi connectivity index (χ1v) is 13.9. The number of aromatic amines is 1. The number of benzene rings is 3. The quantitative estimate of drug-likeness (QED) is 0.310. The van der Waals surface area contributed by atoms with E-state index in [2.05, 4.69) is 4.98 Å². The summed E-state index contributed by atoms with van der Waals surface area (Å²) in [4.78, 5) is 14.5. The largest absolute Gasteiger partial charge is 0.491 e. The van der Waals surface area contributed by atoms with Crippen LogP contribution in [0, 0.1) is 0 Å². The van der Waals surface area contributed by atoms with Crippen molar-refractivity contribution in [3.05, 3.63) is 83.0 Å². The van der Waals surface area contributed by atoms with Gasteiger partial charge in [-0.2, -0.15) is 17.5 Å².